The molecule has 3 unspecified atom stereocenters. The minimum absolute atomic E-state index is 0.0819. The first-order valence-corrected chi connectivity index (χ1v) is 8.36. The Bertz CT molecular complexity index is 273. The molecule has 0 aliphatic heterocycles. The van der Waals surface area contributed by atoms with E-state index >= 15 is 0 Å². The molecule has 0 bridgehead atoms. The molecule has 0 spiro atoms. The predicted octanol–water partition coefficient (Wildman–Crippen LogP) is 2.02. The molecule has 0 saturated heterocycles. The van der Waals surface area contributed by atoms with Crippen molar-refractivity contribution in [2.45, 2.75) is 32.4 Å². The molecular formula is C12H29NO3P+. The van der Waals surface area contributed by atoms with E-state index in [1.807, 2.05) is 0 Å². The van der Waals surface area contributed by atoms with Crippen LogP contribution in [-0.2, 0) is 9.09 Å². The zero-order valence-corrected chi connectivity index (χ0v) is 13.2. The highest BCUT2D eigenvalue weighted by Crippen LogP contribution is 2.43. The second-order valence-electron chi connectivity index (χ2n) is 6.26. The van der Waals surface area contributed by atoms with Crippen molar-refractivity contribution in [3.05, 3.63) is 0 Å². The summed E-state index contributed by atoms with van der Waals surface area (Å²) in [6, 6.07) is 0.0819. The molecule has 0 heterocycles. The lowest BCUT2D eigenvalue weighted by Gasteiger charge is -2.38. The lowest BCUT2D eigenvalue weighted by Crippen LogP contribution is -2.53. The van der Waals surface area contributed by atoms with E-state index in [0.717, 1.165) is 6.42 Å². The van der Waals surface area contributed by atoms with Crippen LogP contribution < -0.4 is 0 Å². The third-order valence-electron chi connectivity index (χ3n) is 3.06. The maximum Gasteiger partial charge on any atom is 0.202 e. The highest BCUT2D eigenvalue weighted by Gasteiger charge is 2.35. The molecular weight excluding hydrogens is 237 g/mol. The SMILES string of the molecule is COP(C)(=O)CC(O)C(CC(C)C)[N+](C)(C)C. The van der Waals surface area contributed by atoms with Gasteiger partial charge in [-0.3, -0.25) is 4.57 Å². The van der Waals surface area contributed by atoms with Gasteiger partial charge in [0.2, 0.25) is 7.37 Å². The molecule has 0 amide bonds. The van der Waals surface area contributed by atoms with Crippen LogP contribution in [0.1, 0.15) is 20.3 Å². The van der Waals surface area contributed by atoms with Gasteiger partial charge in [-0.15, -0.1) is 0 Å². The third kappa shape index (κ3) is 6.56. The Morgan fingerprint density at radius 1 is 1.29 bits per heavy atom. The Morgan fingerprint density at radius 3 is 2.06 bits per heavy atom. The molecule has 5 heteroatoms. The fraction of sp³-hybridized carbons (Fsp3) is 1.00. The first-order valence-electron chi connectivity index (χ1n) is 6.11. The van der Waals surface area contributed by atoms with Gasteiger partial charge < -0.3 is 14.1 Å². The summed E-state index contributed by atoms with van der Waals surface area (Å²) in [6.45, 7) is 5.85. The van der Waals surface area contributed by atoms with E-state index < -0.39 is 13.5 Å². The molecule has 4 nitrogen and oxygen atoms in total. The van der Waals surface area contributed by atoms with Crippen molar-refractivity contribution in [3.63, 3.8) is 0 Å². The van der Waals surface area contributed by atoms with Gasteiger partial charge in [0.25, 0.3) is 0 Å². The molecule has 0 fully saturated rings. The van der Waals surface area contributed by atoms with E-state index in [4.69, 9.17) is 4.52 Å². The lowest BCUT2D eigenvalue weighted by atomic mass is 9.97. The minimum atomic E-state index is -2.66. The summed E-state index contributed by atoms with van der Waals surface area (Å²) in [7, 11) is 4.96. The topological polar surface area (TPSA) is 46.5 Å². The maximum absolute atomic E-state index is 11.9. The van der Waals surface area contributed by atoms with Gasteiger partial charge in [0, 0.05) is 20.2 Å². The Balaban J connectivity index is 4.77. The second kappa shape index (κ2) is 6.33. The van der Waals surface area contributed by atoms with E-state index in [-0.39, 0.29) is 12.2 Å². The van der Waals surface area contributed by atoms with Gasteiger partial charge in [-0.25, -0.2) is 0 Å². The standard InChI is InChI=1S/C12H29NO3P/c1-10(2)8-11(13(3,4)5)12(14)9-17(7,15)16-6/h10-12,14H,8-9H2,1-7H3/q+1. The highest BCUT2D eigenvalue weighted by atomic mass is 31.2. The van der Waals surface area contributed by atoms with E-state index in [2.05, 4.69) is 35.0 Å². The molecule has 0 rings (SSSR count). The zero-order chi connectivity index (χ0) is 13.9. The number of hydrogen-bond acceptors (Lipinski definition) is 3. The van der Waals surface area contributed by atoms with E-state index in [1.165, 1.54) is 7.11 Å². The van der Waals surface area contributed by atoms with Crippen LogP contribution >= 0.6 is 7.37 Å². The first kappa shape index (κ1) is 17.1. The van der Waals surface area contributed by atoms with Crippen molar-refractivity contribution in [2.24, 2.45) is 5.92 Å². The van der Waals surface area contributed by atoms with Crippen molar-refractivity contribution in [1.82, 2.24) is 0 Å². The van der Waals surface area contributed by atoms with E-state index in [0.29, 0.717) is 10.4 Å². The van der Waals surface area contributed by atoms with Gasteiger partial charge in [0.05, 0.1) is 27.3 Å². The Hall–Kier alpha value is 0.110. The molecule has 0 aliphatic rings. The van der Waals surface area contributed by atoms with Gasteiger partial charge in [-0.2, -0.15) is 0 Å². The number of hydrogen-bond donors (Lipinski definition) is 1. The fourth-order valence-electron chi connectivity index (χ4n) is 2.01. The molecule has 17 heavy (non-hydrogen) atoms. The molecule has 0 aliphatic carbocycles. The van der Waals surface area contributed by atoms with Gasteiger partial charge in [0.15, 0.2) is 0 Å². The Labute approximate surface area is 106 Å². The molecule has 1 N–H and O–H groups in total. The first-order chi connectivity index (χ1) is 7.49. The summed E-state index contributed by atoms with van der Waals surface area (Å²) in [5, 5.41) is 10.3. The second-order valence-corrected chi connectivity index (χ2v) is 9.02. The summed E-state index contributed by atoms with van der Waals surface area (Å²) in [4.78, 5) is 0. The Kier molecular flexibility index (Phi) is 6.37. The largest absolute Gasteiger partial charge is 0.386 e. The Morgan fingerprint density at radius 2 is 1.76 bits per heavy atom. The third-order valence-corrected chi connectivity index (χ3v) is 4.87. The number of rotatable bonds is 7. The average Bonchev–Trinajstić information content (AvgIpc) is 2.11. The minimum Gasteiger partial charge on any atom is -0.386 e. The van der Waals surface area contributed by atoms with Crippen LogP contribution in [0.3, 0.4) is 0 Å². The van der Waals surface area contributed by atoms with Crippen LogP contribution in [0.2, 0.25) is 0 Å². The number of nitrogens with zero attached hydrogens (tertiary/aromatic N) is 1. The smallest absolute Gasteiger partial charge is 0.202 e. The van der Waals surface area contributed by atoms with Crippen LogP contribution in [0.4, 0.5) is 0 Å². The highest BCUT2D eigenvalue weighted by molar-refractivity contribution is 7.58. The summed E-state index contributed by atoms with van der Waals surface area (Å²) in [6.07, 6.45) is 0.554. The van der Waals surface area contributed by atoms with Crippen LogP contribution in [0.25, 0.3) is 0 Å². The molecule has 0 radical (unpaired) electrons. The summed E-state index contributed by atoms with van der Waals surface area (Å²) in [5.74, 6) is 0.505. The summed E-state index contributed by atoms with van der Waals surface area (Å²) < 4.78 is 17.6. The molecule has 3 atom stereocenters. The van der Waals surface area contributed by atoms with Gasteiger partial charge >= 0.3 is 0 Å². The molecule has 0 aromatic carbocycles. The fourth-order valence-corrected chi connectivity index (χ4v) is 3.08. The maximum atomic E-state index is 11.9. The van der Waals surface area contributed by atoms with E-state index in [9.17, 15) is 9.67 Å². The molecule has 0 aromatic rings. The van der Waals surface area contributed by atoms with Gasteiger partial charge in [0.1, 0.15) is 12.1 Å². The van der Waals surface area contributed by atoms with Gasteiger partial charge in [-0.1, -0.05) is 13.8 Å². The predicted molar refractivity (Wildman–Crippen MR) is 72.7 cm³/mol. The quantitative estimate of drug-likeness (QED) is 0.566. The van der Waals surface area contributed by atoms with E-state index in [1.54, 1.807) is 6.66 Å². The molecule has 0 saturated carbocycles. The monoisotopic (exact) mass is 266 g/mol. The number of likely N-dealkylation sites (N-methyl/N-ethyl adjacent to an activating group) is 1. The van der Waals surface area contributed by atoms with Crippen LogP contribution in [0, 0.1) is 5.92 Å². The lowest BCUT2D eigenvalue weighted by molar-refractivity contribution is -0.900. The zero-order valence-electron chi connectivity index (χ0n) is 12.3. The van der Waals surface area contributed by atoms with Gasteiger partial charge in [-0.05, 0) is 5.92 Å². The number of quaternary nitrogens is 1. The van der Waals surface area contributed by atoms with Crippen molar-refractivity contribution in [3.8, 4) is 0 Å². The summed E-state index contributed by atoms with van der Waals surface area (Å²) >= 11 is 0. The number of aliphatic hydroxyl groups excluding tert-OH is 1. The normalized spacial score (nSPS) is 20.1. The molecule has 104 valence electrons. The van der Waals surface area contributed by atoms with Crippen molar-refractivity contribution < 1.29 is 18.7 Å². The molecule has 0 aromatic heterocycles. The number of aliphatic hydroxyl groups is 1. The van der Waals surface area contributed by atoms with Crippen molar-refractivity contribution in [2.75, 3.05) is 41.1 Å². The van der Waals surface area contributed by atoms with Crippen LogP contribution in [-0.4, -0.2) is 62.8 Å². The summed E-state index contributed by atoms with van der Waals surface area (Å²) in [5.41, 5.74) is 0. The van der Waals surface area contributed by atoms with Crippen molar-refractivity contribution >= 4 is 7.37 Å². The van der Waals surface area contributed by atoms with Crippen LogP contribution in [0.15, 0.2) is 0 Å². The van der Waals surface area contributed by atoms with Crippen LogP contribution in [0.5, 0.6) is 0 Å². The van der Waals surface area contributed by atoms with Crippen molar-refractivity contribution in [1.29, 1.82) is 0 Å². The average molecular weight is 266 g/mol.